The summed E-state index contributed by atoms with van der Waals surface area (Å²) in [5.41, 5.74) is 1.97. The predicted octanol–water partition coefficient (Wildman–Crippen LogP) is 1.93. The lowest BCUT2D eigenvalue weighted by Gasteiger charge is -2.46. The molecule has 29 heavy (non-hydrogen) atoms. The molecule has 1 aliphatic rings. The molecule has 158 valence electrons. The van der Waals surface area contributed by atoms with Gasteiger partial charge in [-0.3, -0.25) is 0 Å². The Labute approximate surface area is 179 Å². The maximum atomic E-state index is 11.1. The minimum Gasteiger partial charge on any atom is -0.497 e. The maximum absolute atomic E-state index is 11.1. The second-order valence-corrected chi connectivity index (χ2v) is 8.38. The summed E-state index contributed by atoms with van der Waals surface area (Å²) in [6.45, 7) is 0. The van der Waals surface area contributed by atoms with Crippen LogP contribution in [0.5, 0.6) is 5.75 Å². The van der Waals surface area contributed by atoms with Gasteiger partial charge in [0.15, 0.2) is 0 Å². The van der Waals surface area contributed by atoms with Gasteiger partial charge in [0.25, 0.3) is 0 Å². The van der Waals surface area contributed by atoms with Crippen LogP contribution in [0.15, 0.2) is 42.5 Å². The Bertz CT molecular complexity index is 832. The van der Waals surface area contributed by atoms with Crippen molar-refractivity contribution >= 4 is 23.4 Å². The molecule has 1 fully saturated rings. The van der Waals surface area contributed by atoms with Gasteiger partial charge in [-0.25, -0.2) is 0 Å². The Hall–Kier alpha value is -1.32. The summed E-state index contributed by atoms with van der Waals surface area (Å²) >= 11 is 7.75. The summed E-state index contributed by atoms with van der Waals surface area (Å²) in [4.78, 5) is 0. The molecular formula is C21H25ClO6S. The van der Waals surface area contributed by atoms with E-state index in [4.69, 9.17) is 21.1 Å². The van der Waals surface area contributed by atoms with Crippen LogP contribution in [0.25, 0.3) is 0 Å². The Morgan fingerprint density at radius 2 is 1.79 bits per heavy atom. The highest BCUT2D eigenvalue weighted by Gasteiger charge is 2.53. The minimum atomic E-state index is -2.17. The first kappa shape index (κ1) is 22.4. The largest absolute Gasteiger partial charge is 0.497 e. The zero-order valence-corrected chi connectivity index (χ0v) is 17.7. The third kappa shape index (κ3) is 4.56. The molecule has 0 radical (unpaired) electrons. The lowest BCUT2D eigenvalue weighted by atomic mass is 9.87. The van der Waals surface area contributed by atoms with Crippen LogP contribution in [0.1, 0.15) is 16.7 Å². The minimum absolute atomic E-state index is 0.259. The molecule has 0 unspecified atom stereocenters. The van der Waals surface area contributed by atoms with Gasteiger partial charge >= 0.3 is 0 Å². The van der Waals surface area contributed by atoms with Gasteiger partial charge in [0, 0.05) is 16.3 Å². The van der Waals surface area contributed by atoms with E-state index < -0.39 is 30.2 Å². The number of rotatable bonds is 6. The van der Waals surface area contributed by atoms with E-state index >= 15 is 0 Å². The summed E-state index contributed by atoms with van der Waals surface area (Å²) < 4.78 is 10.9. The molecule has 6 nitrogen and oxygen atoms in total. The van der Waals surface area contributed by atoms with Crippen LogP contribution < -0.4 is 4.74 Å². The number of ether oxygens (including phenoxy) is 2. The molecule has 8 heteroatoms. The highest BCUT2D eigenvalue weighted by Crippen LogP contribution is 2.38. The van der Waals surface area contributed by atoms with Crippen molar-refractivity contribution < 1.29 is 29.9 Å². The summed E-state index contributed by atoms with van der Waals surface area (Å²) in [7, 11) is 1.60. The number of thioether (sulfide) groups is 1. The molecule has 1 saturated heterocycles. The summed E-state index contributed by atoms with van der Waals surface area (Å²) in [6.07, 6.45) is -3.10. The highest BCUT2D eigenvalue weighted by atomic mass is 35.5. The third-order valence-corrected chi connectivity index (χ3v) is 6.16. The SMILES string of the molecule is COc1ccc(Cc2cc([C@]3(O)O[C@H](CSC)[C@@H](O)[C@H](O)[C@H]3O)ccc2Cl)cc1. The first-order chi connectivity index (χ1) is 13.8. The molecule has 2 aromatic rings. The molecular weight excluding hydrogens is 416 g/mol. The first-order valence-electron chi connectivity index (χ1n) is 9.15. The van der Waals surface area contributed by atoms with Crippen LogP contribution in [-0.2, 0) is 16.9 Å². The van der Waals surface area contributed by atoms with Gasteiger partial charge in [-0.2, -0.15) is 11.8 Å². The van der Waals surface area contributed by atoms with Crippen molar-refractivity contribution in [1.29, 1.82) is 0 Å². The smallest absolute Gasteiger partial charge is 0.222 e. The maximum Gasteiger partial charge on any atom is 0.222 e. The van der Waals surface area contributed by atoms with E-state index in [1.54, 1.807) is 25.3 Å². The molecule has 0 aromatic heterocycles. The van der Waals surface area contributed by atoms with Crippen molar-refractivity contribution in [3.05, 3.63) is 64.2 Å². The zero-order valence-electron chi connectivity index (χ0n) is 16.2. The van der Waals surface area contributed by atoms with Crippen molar-refractivity contribution in [3.63, 3.8) is 0 Å². The third-order valence-electron chi connectivity index (χ3n) is 5.13. The van der Waals surface area contributed by atoms with E-state index in [0.717, 1.165) is 16.9 Å². The Morgan fingerprint density at radius 3 is 2.41 bits per heavy atom. The van der Waals surface area contributed by atoms with Crippen molar-refractivity contribution in [2.24, 2.45) is 0 Å². The second-order valence-electron chi connectivity index (χ2n) is 7.07. The van der Waals surface area contributed by atoms with Crippen molar-refractivity contribution in [3.8, 4) is 5.75 Å². The molecule has 4 N–H and O–H groups in total. The number of hydrogen-bond acceptors (Lipinski definition) is 7. The van der Waals surface area contributed by atoms with Crippen molar-refractivity contribution in [2.75, 3.05) is 19.1 Å². The van der Waals surface area contributed by atoms with Crippen LogP contribution in [0, 0.1) is 0 Å². The van der Waals surface area contributed by atoms with Gasteiger partial charge in [0.1, 0.15) is 24.1 Å². The molecule has 2 aromatic carbocycles. The van der Waals surface area contributed by atoms with E-state index in [2.05, 4.69) is 0 Å². The number of methoxy groups -OCH3 is 1. The predicted molar refractivity (Wildman–Crippen MR) is 112 cm³/mol. The lowest BCUT2D eigenvalue weighted by molar-refractivity contribution is -0.350. The van der Waals surface area contributed by atoms with E-state index in [9.17, 15) is 20.4 Å². The molecule has 0 spiro atoms. The van der Waals surface area contributed by atoms with Gasteiger partial charge < -0.3 is 29.9 Å². The standard InChI is InChI=1S/C21H25ClO6S/c1-27-15-6-3-12(4-7-15)9-13-10-14(5-8-16(13)22)21(26)20(25)19(24)18(23)17(28-21)11-29-2/h3-8,10,17-20,23-26H,9,11H2,1-2H3/t17-,18-,19+,20-,21+/m1/s1. The first-order valence-corrected chi connectivity index (χ1v) is 10.9. The molecule has 1 aliphatic heterocycles. The fourth-order valence-corrected chi connectivity index (χ4v) is 4.22. The second kappa shape index (κ2) is 9.22. The van der Waals surface area contributed by atoms with Crippen molar-refractivity contribution in [2.45, 2.75) is 36.6 Å². The number of benzene rings is 2. The Kier molecular flexibility index (Phi) is 7.11. The van der Waals surface area contributed by atoms with E-state index in [1.165, 1.54) is 11.8 Å². The Morgan fingerprint density at radius 1 is 1.10 bits per heavy atom. The van der Waals surface area contributed by atoms with E-state index in [0.29, 0.717) is 17.2 Å². The number of hydrogen-bond donors (Lipinski definition) is 4. The molecule has 0 saturated carbocycles. The van der Waals surface area contributed by atoms with Gasteiger partial charge in [0.05, 0.1) is 13.2 Å². The molecule has 0 aliphatic carbocycles. The number of halogens is 1. The normalized spacial score (nSPS) is 29.6. The van der Waals surface area contributed by atoms with Gasteiger partial charge in [-0.1, -0.05) is 29.8 Å². The zero-order chi connectivity index (χ0) is 21.2. The Balaban J connectivity index is 1.92. The molecule has 5 atom stereocenters. The topological polar surface area (TPSA) is 99.4 Å². The summed E-state index contributed by atoms with van der Waals surface area (Å²) in [5, 5.41) is 42.5. The van der Waals surface area contributed by atoms with E-state index in [-0.39, 0.29) is 5.56 Å². The fraction of sp³-hybridized carbons (Fsp3) is 0.429. The van der Waals surface area contributed by atoms with Crippen LogP contribution in [-0.4, -0.2) is 64.0 Å². The van der Waals surface area contributed by atoms with E-state index in [1.807, 2.05) is 30.5 Å². The fourth-order valence-electron chi connectivity index (χ4n) is 3.44. The average Bonchev–Trinajstić information content (AvgIpc) is 2.72. The summed E-state index contributed by atoms with van der Waals surface area (Å²) in [6, 6.07) is 12.3. The molecule has 0 bridgehead atoms. The monoisotopic (exact) mass is 440 g/mol. The molecule has 0 amide bonds. The van der Waals surface area contributed by atoms with Crippen molar-refractivity contribution in [1.82, 2.24) is 0 Å². The average molecular weight is 441 g/mol. The van der Waals surface area contributed by atoms with Crippen LogP contribution in [0.3, 0.4) is 0 Å². The quantitative estimate of drug-likeness (QED) is 0.544. The van der Waals surface area contributed by atoms with Crippen LogP contribution in [0.4, 0.5) is 0 Å². The number of aliphatic hydroxyl groups is 4. The van der Waals surface area contributed by atoms with Crippen LogP contribution >= 0.6 is 23.4 Å². The molecule has 3 rings (SSSR count). The van der Waals surface area contributed by atoms with Gasteiger partial charge in [-0.15, -0.1) is 0 Å². The van der Waals surface area contributed by atoms with Gasteiger partial charge in [-0.05, 0) is 48.1 Å². The molecule has 1 heterocycles. The highest BCUT2D eigenvalue weighted by molar-refractivity contribution is 7.98. The van der Waals surface area contributed by atoms with Crippen LogP contribution in [0.2, 0.25) is 5.02 Å². The van der Waals surface area contributed by atoms with Gasteiger partial charge in [0.2, 0.25) is 5.79 Å². The summed E-state index contributed by atoms with van der Waals surface area (Å²) in [5.74, 6) is -1.08. The number of aliphatic hydroxyl groups excluding tert-OH is 3. The lowest BCUT2D eigenvalue weighted by Crippen LogP contribution is -2.63.